The monoisotopic (exact) mass is 252 g/mol. The van der Waals surface area contributed by atoms with Crippen molar-refractivity contribution in [2.45, 2.75) is 32.1 Å². The van der Waals surface area contributed by atoms with Gasteiger partial charge in [-0.2, -0.15) is 0 Å². The van der Waals surface area contributed by atoms with Gasteiger partial charge in [0.1, 0.15) is 6.61 Å². The second-order valence-electron chi connectivity index (χ2n) is 4.22. The van der Waals surface area contributed by atoms with E-state index in [0.717, 1.165) is 25.0 Å². The average molecular weight is 252 g/mol. The lowest BCUT2D eigenvalue weighted by atomic mass is 10.2. The zero-order valence-electron chi connectivity index (χ0n) is 10.5. The summed E-state index contributed by atoms with van der Waals surface area (Å²) in [6.45, 7) is 2.29. The fourth-order valence-corrected chi connectivity index (χ4v) is 1.79. The summed E-state index contributed by atoms with van der Waals surface area (Å²) >= 11 is 0. The maximum atomic E-state index is 5.55. The smallest absolute Gasteiger partial charge is 0.213 e. The summed E-state index contributed by atoms with van der Waals surface area (Å²) in [7, 11) is 0. The Hall–Kier alpha value is -1.17. The van der Waals surface area contributed by atoms with E-state index >= 15 is 0 Å². The lowest BCUT2D eigenvalue weighted by molar-refractivity contribution is -0.165. The van der Waals surface area contributed by atoms with Crippen LogP contribution in [0.1, 0.15) is 24.8 Å². The molecule has 0 bridgehead atoms. The van der Waals surface area contributed by atoms with E-state index in [9.17, 15) is 0 Å². The number of aromatic nitrogens is 1. The van der Waals surface area contributed by atoms with Crippen LogP contribution in [0.15, 0.2) is 18.3 Å². The van der Waals surface area contributed by atoms with E-state index in [1.54, 1.807) is 6.20 Å². The zero-order valence-corrected chi connectivity index (χ0v) is 10.5. The molecule has 100 valence electrons. The van der Waals surface area contributed by atoms with Gasteiger partial charge < -0.3 is 19.9 Å². The molecule has 0 amide bonds. The van der Waals surface area contributed by atoms with Crippen LogP contribution in [0.2, 0.25) is 0 Å². The summed E-state index contributed by atoms with van der Waals surface area (Å²) < 4.78 is 16.5. The van der Waals surface area contributed by atoms with Gasteiger partial charge in [-0.1, -0.05) is 6.07 Å². The zero-order chi connectivity index (χ0) is 12.6. The molecule has 0 aliphatic carbocycles. The topological polar surface area (TPSA) is 66.6 Å². The summed E-state index contributed by atoms with van der Waals surface area (Å²) in [6.07, 6.45) is 4.94. The predicted molar refractivity (Wildman–Crippen MR) is 67.2 cm³/mol. The van der Waals surface area contributed by atoms with Crippen LogP contribution in [0.3, 0.4) is 0 Å². The molecule has 0 spiro atoms. The number of hydrogen-bond acceptors (Lipinski definition) is 5. The normalized spacial score (nSPS) is 19.7. The Morgan fingerprint density at radius 2 is 2.28 bits per heavy atom. The molecule has 1 aliphatic heterocycles. The molecule has 2 N–H and O–H groups in total. The first-order chi connectivity index (χ1) is 8.88. The first-order valence-electron chi connectivity index (χ1n) is 6.39. The molecule has 1 unspecified atom stereocenters. The van der Waals surface area contributed by atoms with E-state index in [2.05, 4.69) is 4.98 Å². The second kappa shape index (κ2) is 7.31. The Morgan fingerprint density at radius 3 is 2.94 bits per heavy atom. The summed E-state index contributed by atoms with van der Waals surface area (Å²) in [5.74, 6) is 0.598. The molecular formula is C13H20N2O3. The fraction of sp³-hybridized carbons (Fsp3) is 0.615. The van der Waals surface area contributed by atoms with Crippen molar-refractivity contribution in [2.75, 3.05) is 19.8 Å². The van der Waals surface area contributed by atoms with Crippen LogP contribution < -0.4 is 10.5 Å². The predicted octanol–water partition coefficient (Wildman–Crippen LogP) is 1.46. The number of rotatable bonds is 6. The molecule has 1 aliphatic rings. The molecule has 5 heteroatoms. The third kappa shape index (κ3) is 4.25. The van der Waals surface area contributed by atoms with Crippen LogP contribution in [-0.4, -0.2) is 31.1 Å². The Balaban J connectivity index is 1.62. The Bertz CT molecular complexity index is 337. The highest BCUT2D eigenvalue weighted by Gasteiger charge is 2.13. The summed E-state index contributed by atoms with van der Waals surface area (Å²) in [5.41, 5.74) is 6.48. The fourth-order valence-electron chi connectivity index (χ4n) is 1.79. The molecule has 1 atom stereocenters. The molecule has 5 nitrogen and oxygen atoms in total. The van der Waals surface area contributed by atoms with Crippen LogP contribution in [0.25, 0.3) is 0 Å². The molecule has 2 rings (SSSR count). The molecule has 0 radical (unpaired) electrons. The van der Waals surface area contributed by atoms with Crippen molar-refractivity contribution in [1.29, 1.82) is 0 Å². The molecule has 1 aromatic rings. The van der Waals surface area contributed by atoms with E-state index in [0.29, 0.717) is 25.6 Å². The molecular weight excluding hydrogens is 232 g/mol. The number of pyridine rings is 1. The van der Waals surface area contributed by atoms with Crippen LogP contribution in [0, 0.1) is 0 Å². The van der Waals surface area contributed by atoms with Gasteiger partial charge in [0, 0.05) is 25.4 Å². The Morgan fingerprint density at radius 1 is 1.33 bits per heavy atom. The third-order valence-corrected chi connectivity index (χ3v) is 2.81. The molecule has 1 fully saturated rings. The van der Waals surface area contributed by atoms with Gasteiger partial charge in [0.25, 0.3) is 0 Å². The van der Waals surface area contributed by atoms with Gasteiger partial charge in [-0.05, 0) is 24.8 Å². The maximum absolute atomic E-state index is 5.55. The van der Waals surface area contributed by atoms with Crippen molar-refractivity contribution in [3.8, 4) is 5.88 Å². The third-order valence-electron chi connectivity index (χ3n) is 2.81. The largest absolute Gasteiger partial charge is 0.475 e. The van der Waals surface area contributed by atoms with Gasteiger partial charge in [-0.25, -0.2) is 4.98 Å². The SMILES string of the molecule is NCc1ccc(OCCOC2CCCCO2)nc1. The molecule has 0 saturated carbocycles. The standard InChI is InChI=1S/C13H20N2O3/c14-9-11-4-5-12(15-10-11)16-7-8-18-13-3-1-2-6-17-13/h4-5,10,13H,1-3,6-9,14H2. The Labute approximate surface area is 107 Å². The number of hydrogen-bond donors (Lipinski definition) is 1. The minimum atomic E-state index is -0.0603. The van der Waals surface area contributed by atoms with Crippen LogP contribution in [0.4, 0.5) is 0 Å². The van der Waals surface area contributed by atoms with E-state index < -0.39 is 0 Å². The minimum absolute atomic E-state index is 0.0603. The summed E-state index contributed by atoms with van der Waals surface area (Å²) in [6, 6.07) is 3.73. The first-order valence-corrected chi connectivity index (χ1v) is 6.39. The maximum Gasteiger partial charge on any atom is 0.213 e. The molecule has 0 aromatic carbocycles. The van der Waals surface area contributed by atoms with Crippen molar-refractivity contribution in [3.63, 3.8) is 0 Å². The number of ether oxygens (including phenoxy) is 3. The summed E-state index contributed by atoms with van der Waals surface area (Å²) in [4.78, 5) is 4.14. The first kappa shape index (κ1) is 13.3. The quantitative estimate of drug-likeness (QED) is 0.776. The lowest BCUT2D eigenvalue weighted by Crippen LogP contribution is -2.24. The summed E-state index contributed by atoms with van der Waals surface area (Å²) in [5, 5.41) is 0. The number of nitrogens with zero attached hydrogens (tertiary/aromatic N) is 1. The minimum Gasteiger partial charge on any atom is -0.475 e. The van der Waals surface area contributed by atoms with Gasteiger partial charge in [-0.15, -0.1) is 0 Å². The van der Waals surface area contributed by atoms with Gasteiger partial charge in [0.05, 0.1) is 6.61 Å². The molecule has 2 heterocycles. The number of nitrogens with two attached hydrogens (primary N) is 1. The molecule has 18 heavy (non-hydrogen) atoms. The highest BCUT2D eigenvalue weighted by molar-refractivity contribution is 5.17. The van der Waals surface area contributed by atoms with Crippen molar-refractivity contribution < 1.29 is 14.2 Å². The van der Waals surface area contributed by atoms with Crippen molar-refractivity contribution >= 4 is 0 Å². The van der Waals surface area contributed by atoms with Gasteiger partial charge in [-0.3, -0.25) is 0 Å². The van der Waals surface area contributed by atoms with Crippen molar-refractivity contribution in [3.05, 3.63) is 23.9 Å². The van der Waals surface area contributed by atoms with Crippen LogP contribution >= 0.6 is 0 Å². The van der Waals surface area contributed by atoms with Crippen molar-refractivity contribution in [2.24, 2.45) is 5.73 Å². The second-order valence-corrected chi connectivity index (χ2v) is 4.22. The highest BCUT2D eigenvalue weighted by Crippen LogP contribution is 2.13. The van der Waals surface area contributed by atoms with Crippen LogP contribution in [-0.2, 0) is 16.0 Å². The van der Waals surface area contributed by atoms with Gasteiger partial charge in [0.2, 0.25) is 5.88 Å². The lowest BCUT2D eigenvalue weighted by Gasteiger charge is -2.22. The highest BCUT2D eigenvalue weighted by atomic mass is 16.7. The van der Waals surface area contributed by atoms with Crippen molar-refractivity contribution in [1.82, 2.24) is 4.98 Å². The van der Waals surface area contributed by atoms with Gasteiger partial charge in [0.15, 0.2) is 6.29 Å². The Kier molecular flexibility index (Phi) is 5.38. The van der Waals surface area contributed by atoms with E-state index in [1.807, 2.05) is 12.1 Å². The molecule has 1 aromatic heterocycles. The average Bonchev–Trinajstić information content (AvgIpc) is 2.45. The van der Waals surface area contributed by atoms with E-state index in [1.165, 1.54) is 6.42 Å². The van der Waals surface area contributed by atoms with Crippen LogP contribution in [0.5, 0.6) is 5.88 Å². The molecule has 1 saturated heterocycles. The van der Waals surface area contributed by atoms with Gasteiger partial charge >= 0.3 is 0 Å². The van der Waals surface area contributed by atoms with E-state index in [4.69, 9.17) is 19.9 Å². The van der Waals surface area contributed by atoms with E-state index in [-0.39, 0.29) is 6.29 Å².